The molecule has 2 rings (SSSR count). The second-order valence-electron chi connectivity index (χ2n) is 4.79. The summed E-state index contributed by atoms with van der Waals surface area (Å²) in [6.45, 7) is 2.80. The Morgan fingerprint density at radius 2 is 2.11 bits per heavy atom. The van der Waals surface area contributed by atoms with Gasteiger partial charge in [0.2, 0.25) is 0 Å². The average Bonchev–Trinajstić information content (AvgIpc) is 2.80. The van der Waals surface area contributed by atoms with Gasteiger partial charge in [0.25, 0.3) is 0 Å². The summed E-state index contributed by atoms with van der Waals surface area (Å²) in [5.74, 6) is 1.04. The van der Waals surface area contributed by atoms with Crippen molar-refractivity contribution in [2.45, 2.75) is 26.2 Å². The average molecular weight is 245 g/mol. The van der Waals surface area contributed by atoms with Gasteiger partial charge in [0.15, 0.2) is 11.5 Å². The summed E-state index contributed by atoms with van der Waals surface area (Å²) in [7, 11) is 0. The topological polar surface area (TPSA) is 56.2 Å². The Hall–Kier alpha value is -1.61. The van der Waals surface area contributed by atoms with E-state index in [2.05, 4.69) is 6.92 Å². The predicted molar refractivity (Wildman–Crippen MR) is 72.6 cm³/mol. The molecule has 0 saturated heterocycles. The van der Waals surface area contributed by atoms with Crippen molar-refractivity contribution in [2.24, 2.45) is 11.7 Å². The van der Waals surface area contributed by atoms with E-state index in [1.54, 1.807) is 0 Å². The number of nitrogens with two attached hydrogens (primary N) is 1. The lowest BCUT2D eigenvalue weighted by molar-refractivity contribution is 0.0949. The molecule has 0 bridgehead atoms. The van der Waals surface area contributed by atoms with Crippen LogP contribution >= 0.6 is 0 Å². The molecule has 96 valence electrons. The lowest BCUT2D eigenvalue weighted by atomic mass is 9.99. The molecule has 0 aliphatic rings. The molecular weight excluding hydrogens is 226 g/mol. The van der Waals surface area contributed by atoms with E-state index in [-0.39, 0.29) is 5.78 Å². The van der Waals surface area contributed by atoms with Gasteiger partial charge in [-0.25, -0.2) is 0 Å². The number of hydrogen-bond donors (Lipinski definition) is 1. The van der Waals surface area contributed by atoms with Crippen LogP contribution in [0.3, 0.4) is 0 Å². The van der Waals surface area contributed by atoms with Crippen molar-refractivity contribution in [1.82, 2.24) is 0 Å². The van der Waals surface area contributed by atoms with Crippen molar-refractivity contribution in [3.8, 4) is 0 Å². The number of carbonyl (C=O) groups excluding carboxylic acids is 1. The fraction of sp³-hybridized carbons (Fsp3) is 0.400. The van der Waals surface area contributed by atoms with Gasteiger partial charge in [-0.1, -0.05) is 25.1 Å². The van der Waals surface area contributed by atoms with Crippen LogP contribution in [-0.4, -0.2) is 12.3 Å². The first-order valence-corrected chi connectivity index (χ1v) is 6.42. The molecule has 18 heavy (non-hydrogen) atoms. The van der Waals surface area contributed by atoms with E-state index in [9.17, 15) is 4.79 Å². The standard InChI is InChI=1S/C15H19NO2/c1-11(8-9-16)6-7-13(17)15-10-12-4-2-3-5-14(12)18-15/h2-5,10-11H,6-9,16H2,1H3. The molecule has 2 aromatic rings. The maximum atomic E-state index is 12.0. The third kappa shape index (κ3) is 2.99. The third-order valence-corrected chi connectivity index (χ3v) is 3.22. The third-order valence-electron chi connectivity index (χ3n) is 3.22. The second kappa shape index (κ2) is 5.83. The Bertz CT molecular complexity index is 497. The summed E-state index contributed by atoms with van der Waals surface area (Å²) in [5.41, 5.74) is 6.27. The number of para-hydroxylation sites is 1. The van der Waals surface area contributed by atoms with E-state index in [1.807, 2.05) is 30.3 Å². The Balaban J connectivity index is 2.00. The van der Waals surface area contributed by atoms with Crippen molar-refractivity contribution < 1.29 is 9.21 Å². The van der Waals surface area contributed by atoms with Crippen LogP contribution in [0, 0.1) is 5.92 Å². The van der Waals surface area contributed by atoms with E-state index in [4.69, 9.17) is 10.2 Å². The van der Waals surface area contributed by atoms with Crippen molar-refractivity contribution in [3.05, 3.63) is 36.1 Å². The van der Waals surface area contributed by atoms with E-state index in [0.29, 0.717) is 24.6 Å². The van der Waals surface area contributed by atoms with Crippen molar-refractivity contribution in [1.29, 1.82) is 0 Å². The fourth-order valence-corrected chi connectivity index (χ4v) is 2.05. The first kappa shape index (κ1) is 12.8. The molecule has 0 aliphatic heterocycles. The van der Waals surface area contributed by atoms with E-state index >= 15 is 0 Å². The lowest BCUT2D eigenvalue weighted by Gasteiger charge is -2.07. The van der Waals surface area contributed by atoms with Gasteiger partial charge in [-0.2, -0.15) is 0 Å². The molecule has 3 nitrogen and oxygen atoms in total. The molecular formula is C15H19NO2. The summed E-state index contributed by atoms with van der Waals surface area (Å²) in [6.07, 6.45) is 2.36. The normalized spacial score (nSPS) is 12.8. The van der Waals surface area contributed by atoms with E-state index < -0.39 is 0 Å². The highest BCUT2D eigenvalue weighted by Crippen LogP contribution is 2.21. The Labute approximate surface area is 107 Å². The van der Waals surface area contributed by atoms with E-state index in [0.717, 1.165) is 23.8 Å². The number of hydrogen-bond acceptors (Lipinski definition) is 3. The lowest BCUT2D eigenvalue weighted by Crippen LogP contribution is -2.07. The highest BCUT2D eigenvalue weighted by atomic mass is 16.3. The van der Waals surface area contributed by atoms with E-state index in [1.165, 1.54) is 0 Å². The summed E-state index contributed by atoms with van der Waals surface area (Å²) in [6, 6.07) is 9.50. The van der Waals surface area contributed by atoms with Gasteiger partial charge in [-0.15, -0.1) is 0 Å². The fourth-order valence-electron chi connectivity index (χ4n) is 2.05. The van der Waals surface area contributed by atoms with Crippen LogP contribution in [0.4, 0.5) is 0 Å². The van der Waals surface area contributed by atoms with Gasteiger partial charge in [0.05, 0.1) is 0 Å². The Morgan fingerprint density at radius 1 is 1.33 bits per heavy atom. The monoisotopic (exact) mass is 245 g/mol. The highest BCUT2D eigenvalue weighted by Gasteiger charge is 2.13. The Kier molecular flexibility index (Phi) is 4.15. The quantitative estimate of drug-likeness (QED) is 0.794. The molecule has 2 N–H and O–H groups in total. The van der Waals surface area contributed by atoms with Crippen molar-refractivity contribution in [3.63, 3.8) is 0 Å². The zero-order valence-corrected chi connectivity index (χ0v) is 10.7. The van der Waals surface area contributed by atoms with Crippen LogP contribution < -0.4 is 5.73 Å². The predicted octanol–water partition coefficient (Wildman–Crippen LogP) is 3.38. The molecule has 3 heteroatoms. The molecule has 0 fully saturated rings. The zero-order valence-electron chi connectivity index (χ0n) is 10.7. The van der Waals surface area contributed by atoms with Gasteiger partial charge >= 0.3 is 0 Å². The number of ketones is 1. The first-order chi connectivity index (χ1) is 8.70. The van der Waals surface area contributed by atoms with Gasteiger partial charge in [-0.3, -0.25) is 4.79 Å². The molecule has 0 amide bonds. The minimum absolute atomic E-state index is 0.0788. The maximum absolute atomic E-state index is 12.0. The molecule has 1 aromatic heterocycles. The van der Waals surface area contributed by atoms with Gasteiger partial charge in [-0.05, 0) is 37.4 Å². The van der Waals surface area contributed by atoms with Gasteiger partial charge < -0.3 is 10.2 Å². The molecule has 0 aliphatic carbocycles. The van der Waals surface area contributed by atoms with Crippen molar-refractivity contribution >= 4 is 16.8 Å². The molecule has 1 unspecified atom stereocenters. The summed E-state index contributed by atoms with van der Waals surface area (Å²) in [5, 5.41) is 0.982. The highest BCUT2D eigenvalue weighted by molar-refractivity contribution is 5.97. The second-order valence-corrected chi connectivity index (χ2v) is 4.79. The first-order valence-electron chi connectivity index (χ1n) is 6.42. The molecule has 1 atom stereocenters. The molecule has 0 spiro atoms. The number of carbonyl (C=O) groups is 1. The number of Topliss-reactive ketones (excluding diaryl/α,β-unsaturated/α-hetero) is 1. The number of rotatable bonds is 6. The van der Waals surface area contributed by atoms with Crippen LogP contribution in [0.5, 0.6) is 0 Å². The van der Waals surface area contributed by atoms with Crippen LogP contribution in [-0.2, 0) is 0 Å². The number of furan rings is 1. The van der Waals surface area contributed by atoms with Crippen LogP contribution in [0.25, 0.3) is 11.0 Å². The summed E-state index contributed by atoms with van der Waals surface area (Å²) in [4.78, 5) is 12.0. The molecule has 0 saturated carbocycles. The smallest absolute Gasteiger partial charge is 0.198 e. The van der Waals surface area contributed by atoms with Crippen molar-refractivity contribution in [2.75, 3.05) is 6.54 Å². The van der Waals surface area contributed by atoms with Gasteiger partial charge in [0.1, 0.15) is 5.58 Å². The number of benzene rings is 1. The zero-order chi connectivity index (χ0) is 13.0. The minimum atomic E-state index is 0.0788. The molecule has 0 radical (unpaired) electrons. The number of fused-ring (bicyclic) bond motifs is 1. The molecule has 1 aromatic carbocycles. The summed E-state index contributed by atoms with van der Waals surface area (Å²) >= 11 is 0. The van der Waals surface area contributed by atoms with Crippen LogP contribution in [0.1, 0.15) is 36.7 Å². The maximum Gasteiger partial charge on any atom is 0.198 e. The SMILES string of the molecule is CC(CCN)CCC(=O)c1cc2ccccc2o1. The largest absolute Gasteiger partial charge is 0.453 e. The van der Waals surface area contributed by atoms with Crippen LogP contribution in [0.15, 0.2) is 34.7 Å². The van der Waals surface area contributed by atoms with Gasteiger partial charge in [0, 0.05) is 11.8 Å². The molecule has 1 heterocycles. The van der Waals surface area contributed by atoms with Crippen LogP contribution in [0.2, 0.25) is 0 Å². The minimum Gasteiger partial charge on any atom is -0.453 e. The Morgan fingerprint density at radius 3 is 2.83 bits per heavy atom. The summed E-state index contributed by atoms with van der Waals surface area (Å²) < 4.78 is 5.55.